The summed E-state index contributed by atoms with van der Waals surface area (Å²) in [5, 5.41) is 4.50. The van der Waals surface area contributed by atoms with Crippen LogP contribution in [-0.2, 0) is 17.8 Å². The van der Waals surface area contributed by atoms with Gasteiger partial charge in [0.05, 0.1) is 6.42 Å². The highest BCUT2D eigenvalue weighted by Crippen LogP contribution is 2.37. The molecule has 162 valence electrons. The topological polar surface area (TPSA) is 61.0 Å². The van der Waals surface area contributed by atoms with Crippen LogP contribution in [0.25, 0.3) is 22.2 Å². The van der Waals surface area contributed by atoms with E-state index in [0.717, 1.165) is 68.7 Å². The molecule has 31 heavy (non-hydrogen) atoms. The third-order valence-electron chi connectivity index (χ3n) is 6.30. The number of aryl methyl sites for hydroxylation is 1. The summed E-state index contributed by atoms with van der Waals surface area (Å²) in [5.74, 6) is -0.484. The number of aromatic amines is 1. The van der Waals surface area contributed by atoms with Gasteiger partial charge in [-0.15, -0.1) is 0 Å². The van der Waals surface area contributed by atoms with E-state index in [4.69, 9.17) is 0 Å². The number of rotatable bonds is 3. The number of benzene rings is 1. The fraction of sp³-hybridized carbons (Fsp3) is 0.391. The zero-order chi connectivity index (χ0) is 21.8. The first-order chi connectivity index (χ1) is 14.8. The Bertz CT molecular complexity index is 1160. The van der Waals surface area contributed by atoms with Gasteiger partial charge in [-0.05, 0) is 66.3 Å². The van der Waals surface area contributed by atoms with E-state index in [2.05, 4.69) is 27.4 Å². The highest BCUT2D eigenvalue weighted by Gasteiger charge is 2.36. The van der Waals surface area contributed by atoms with Gasteiger partial charge in [0.15, 0.2) is 0 Å². The molecular formula is C23H23F3N4O. The van der Waals surface area contributed by atoms with Gasteiger partial charge in [-0.25, -0.2) is 4.98 Å². The van der Waals surface area contributed by atoms with Gasteiger partial charge in [0.2, 0.25) is 5.91 Å². The van der Waals surface area contributed by atoms with E-state index in [1.54, 1.807) is 6.20 Å². The molecule has 1 amide bonds. The number of carbonyl (C=O) groups is 1. The Morgan fingerprint density at radius 1 is 1.23 bits per heavy atom. The van der Waals surface area contributed by atoms with Crippen LogP contribution in [-0.4, -0.2) is 40.0 Å². The van der Waals surface area contributed by atoms with Crippen LogP contribution in [0.1, 0.15) is 41.1 Å². The van der Waals surface area contributed by atoms with Gasteiger partial charge in [-0.3, -0.25) is 4.79 Å². The summed E-state index contributed by atoms with van der Waals surface area (Å²) in [6.07, 6.45) is 1.23. The Morgan fingerprint density at radius 3 is 2.81 bits per heavy atom. The summed E-state index contributed by atoms with van der Waals surface area (Å²) >= 11 is 0. The summed E-state index contributed by atoms with van der Waals surface area (Å²) in [4.78, 5) is 21.1. The van der Waals surface area contributed by atoms with E-state index >= 15 is 0 Å². The molecule has 0 unspecified atom stereocenters. The zero-order valence-electron chi connectivity index (χ0n) is 17.1. The smallest absolute Gasteiger partial charge is 0.346 e. The summed E-state index contributed by atoms with van der Waals surface area (Å²) in [6, 6.07) is 6.17. The van der Waals surface area contributed by atoms with Crippen molar-refractivity contribution >= 4 is 16.9 Å². The maximum Gasteiger partial charge on any atom is 0.406 e. The van der Waals surface area contributed by atoms with Gasteiger partial charge in [0.1, 0.15) is 12.2 Å². The number of aromatic nitrogens is 2. The Hall–Kier alpha value is -2.87. The van der Waals surface area contributed by atoms with E-state index in [0.29, 0.717) is 0 Å². The zero-order valence-corrected chi connectivity index (χ0v) is 17.1. The number of hydrogen-bond donors (Lipinski definition) is 2. The Balaban J connectivity index is 1.60. The number of H-pyrrole nitrogens is 1. The minimum absolute atomic E-state index is 0.00429. The van der Waals surface area contributed by atoms with Crippen LogP contribution in [0.3, 0.4) is 0 Å². The average molecular weight is 428 g/mol. The molecule has 1 saturated heterocycles. The highest BCUT2D eigenvalue weighted by molar-refractivity contribution is 5.86. The maximum atomic E-state index is 13.0. The van der Waals surface area contributed by atoms with Gasteiger partial charge in [-0.2, -0.15) is 13.2 Å². The van der Waals surface area contributed by atoms with Crippen LogP contribution >= 0.6 is 0 Å². The number of nitrogens with one attached hydrogen (secondary N) is 2. The number of fused-ring (bicyclic) bond motifs is 2. The summed E-state index contributed by atoms with van der Waals surface area (Å²) < 4.78 is 39.0. The molecule has 8 heteroatoms. The monoisotopic (exact) mass is 428 g/mol. The molecule has 3 aromatic rings. The van der Waals surface area contributed by atoms with Crippen LogP contribution in [0.5, 0.6) is 0 Å². The second kappa shape index (κ2) is 7.37. The molecule has 0 spiro atoms. The number of hydrogen-bond acceptors (Lipinski definition) is 3. The number of amides is 1. The highest BCUT2D eigenvalue weighted by atomic mass is 19.4. The molecule has 0 radical (unpaired) electrons. The molecule has 0 saturated carbocycles. The average Bonchev–Trinajstić information content (AvgIpc) is 3.37. The van der Waals surface area contributed by atoms with Crippen LogP contribution in [0.15, 0.2) is 30.6 Å². The lowest BCUT2D eigenvalue weighted by atomic mass is 9.87. The third-order valence-corrected chi connectivity index (χ3v) is 6.30. The van der Waals surface area contributed by atoms with Crippen molar-refractivity contribution in [2.75, 3.05) is 13.1 Å². The molecule has 5 nitrogen and oxygen atoms in total. The van der Waals surface area contributed by atoms with E-state index in [-0.39, 0.29) is 19.0 Å². The summed E-state index contributed by atoms with van der Waals surface area (Å²) in [5.41, 5.74) is 6.44. The van der Waals surface area contributed by atoms with Crippen molar-refractivity contribution in [3.8, 4) is 11.1 Å². The van der Waals surface area contributed by atoms with Crippen molar-refractivity contribution in [2.45, 2.75) is 44.9 Å². The summed E-state index contributed by atoms with van der Waals surface area (Å²) in [6.45, 7) is 1.68. The predicted octanol–water partition coefficient (Wildman–Crippen LogP) is 4.41. The molecule has 1 aromatic carbocycles. The van der Waals surface area contributed by atoms with E-state index in [9.17, 15) is 18.0 Å². The maximum absolute atomic E-state index is 13.0. The molecule has 4 heterocycles. The Kier molecular flexibility index (Phi) is 4.77. The van der Waals surface area contributed by atoms with Gasteiger partial charge in [-0.1, -0.05) is 6.07 Å². The van der Waals surface area contributed by atoms with Gasteiger partial charge < -0.3 is 15.2 Å². The largest absolute Gasteiger partial charge is 0.406 e. The minimum atomic E-state index is -4.41. The normalized spacial score (nSPS) is 19.3. The fourth-order valence-electron chi connectivity index (χ4n) is 4.74. The number of halogens is 3. The van der Waals surface area contributed by atoms with E-state index < -0.39 is 18.6 Å². The Morgan fingerprint density at radius 2 is 2.06 bits per heavy atom. The van der Waals surface area contributed by atoms with Crippen LogP contribution in [0.4, 0.5) is 13.2 Å². The lowest BCUT2D eigenvalue weighted by Gasteiger charge is -2.32. The number of carbonyl (C=O) groups excluding carboxylic acids is 1. The van der Waals surface area contributed by atoms with Gasteiger partial charge in [0.25, 0.3) is 0 Å². The molecule has 2 N–H and O–H groups in total. The summed E-state index contributed by atoms with van der Waals surface area (Å²) in [7, 11) is 0. The second-order valence-electron chi connectivity index (χ2n) is 8.49. The first kappa shape index (κ1) is 20.1. The first-order valence-corrected chi connectivity index (χ1v) is 10.5. The van der Waals surface area contributed by atoms with Crippen molar-refractivity contribution in [1.29, 1.82) is 0 Å². The molecule has 5 rings (SSSR count). The van der Waals surface area contributed by atoms with Crippen LogP contribution in [0, 0.1) is 6.92 Å². The first-order valence-electron chi connectivity index (χ1n) is 10.5. The predicted molar refractivity (Wildman–Crippen MR) is 111 cm³/mol. The number of pyridine rings is 1. The minimum Gasteiger partial charge on any atom is -0.346 e. The molecule has 1 fully saturated rings. The fourth-order valence-corrected chi connectivity index (χ4v) is 4.74. The van der Waals surface area contributed by atoms with Gasteiger partial charge >= 0.3 is 6.18 Å². The van der Waals surface area contributed by atoms with Crippen molar-refractivity contribution in [3.05, 3.63) is 52.8 Å². The quantitative estimate of drug-likeness (QED) is 0.650. The van der Waals surface area contributed by atoms with Crippen molar-refractivity contribution in [1.82, 2.24) is 20.2 Å². The van der Waals surface area contributed by atoms with E-state index in [1.165, 1.54) is 0 Å². The van der Waals surface area contributed by atoms with Crippen molar-refractivity contribution in [2.24, 2.45) is 0 Å². The van der Waals surface area contributed by atoms with Crippen molar-refractivity contribution in [3.63, 3.8) is 0 Å². The molecule has 2 aliphatic heterocycles. The number of nitrogens with zero attached hydrogens (tertiary/aromatic N) is 2. The van der Waals surface area contributed by atoms with Crippen LogP contribution in [0.2, 0.25) is 0 Å². The molecule has 2 aliphatic rings. The van der Waals surface area contributed by atoms with Crippen molar-refractivity contribution < 1.29 is 18.0 Å². The number of alkyl halides is 3. The third kappa shape index (κ3) is 3.80. The molecule has 0 bridgehead atoms. The lowest BCUT2D eigenvalue weighted by molar-refractivity contribution is -0.162. The van der Waals surface area contributed by atoms with Crippen LogP contribution < -0.4 is 5.32 Å². The lowest BCUT2D eigenvalue weighted by Crippen LogP contribution is -2.42. The Labute approximate surface area is 177 Å². The standard InChI is InChI=1S/C23H23F3N4O/c1-13-9-28-22-17(13)7-16(10-29-22)14-5-15-8-21(31)30(12-23(24,25)26)11-19(15)18(6-14)20-3-2-4-27-20/h5-7,9-10,20,27H,2-4,8,11-12H2,1H3,(H,28,29)/t20-/m0/s1. The van der Waals surface area contributed by atoms with E-state index in [1.807, 2.05) is 19.2 Å². The van der Waals surface area contributed by atoms with Gasteiger partial charge in [0, 0.05) is 35.9 Å². The SMILES string of the molecule is Cc1c[nH]c2ncc(-c3cc4c(c([C@@H]5CCCN5)c3)CN(CC(F)(F)F)C(=O)C4)cc12. The second-order valence-corrected chi connectivity index (χ2v) is 8.49. The molecule has 0 aliphatic carbocycles. The molecule has 1 atom stereocenters. The molecular weight excluding hydrogens is 405 g/mol. The molecule has 2 aromatic heterocycles.